The zero-order valence-corrected chi connectivity index (χ0v) is 12.9. The summed E-state index contributed by atoms with van der Waals surface area (Å²) >= 11 is 0. The lowest BCUT2D eigenvalue weighted by Crippen LogP contribution is -2.58. The van der Waals surface area contributed by atoms with Gasteiger partial charge < -0.3 is 10.2 Å². The second kappa shape index (κ2) is 6.71. The van der Waals surface area contributed by atoms with Gasteiger partial charge in [0.05, 0.1) is 0 Å². The number of hydrogen-bond donors (Lipinski definition) is 1. The van der Waals surface area contributed by atoms with Crippen molar-refractivity contribution in [2.24, 2.45) is 7.05 Å². The van der Waals surface area contributed by atoms with E-state index in [1.807, 2.05) is 25.1 Å². The molecule has 0 bridgehead atoms. The Hall–Kier alpha value is -1.89. The number of nitrogens with zero attached hydrogens (tertiary/aromatic N) is 4. The van der Waals surface area contributed by atoms with Crippen molar-refractivity contribution in [3.63, 3.8) is 0 Å². The molecule has 1 aromatic heterocycles. The fourth-order valence-electron chi connectivity index (χ4n) is 2.59. The van der Waals surface area contributed by atoms with Crippen LogP contribution in [0.2, 0.25) is 0 Å². The third-order valence-corrected chi connectivity index (χ3v) is 4.07. The Morgan fingerprint density at radius 1 is 1.38 bits per heavy atom. The summed E-state index contributed by atoms with van der Waals surface area (Å²) < 4.78 is 1.78. The van der Waals surface area contributed by atoms with Gasteiger partial charge in [-0.3, -0.25) is 19.2 Å². The van der Waals surface area contributed by atoms with E-state index in [1.54, 1.807) is 22.8 Å². The summed E-state index contributed by atoms with van der Waals surface area (Å²) in [5.41, 5.74) is 1.04. The van der Waals surface area contributed by atoms with Crippen LogP contribution < -0.4 is 5.32 Å². The monoisotopic (exact) mass is 293 g/mol. The van der Waals surface area contributed by atoms with Gasteiger partial charge in [0.1, 0.15) is 6.04 Å². The van der Waals surface area contributed by atoms with Crippen molar-refractivity contribution in [3.8, 4) is 0 Å². The molecule has 1 aromatic rings. The van der Waals surface area contributed by atoms with E-state index in [4.69, 9.17) is 0 Å². The maximum Gasteiger partial charge on any atom is 0.238 e. The van der Waals surface area contributed by atoms with Crippen molar-refractivity contribution < 1.29 is 9.59 Å². The average molecular weight is 293 g/mol. The van der Waals surface area contributed by atoms with Gasteiger partial charge >= 0.3 is 0 Å². The molecule has 0 spiro atoms. The summed E-state index contributed by atoms with van der Waals surface area (Å²) in [5, 5.41) is 6.75. The highest BCUT2D eigenvalue weighted by molar-refractivity contribution is 5.83. The second-order valence-corrected chi connectivity index (χ2v) is 5.40. The van der Waals surface area contributed by atoms with Gasteiger partial charge in [0.25, 0.3) is 0 Å². The first-order chi connectivity index (χ1) is 10.0. The summed E-state index contributed by atoms with van der Waals surface area (Å²) in [7, 11) is 5.41. The number of aryl methyl sites for hydroxylation is 2. The Labute approximate surface area is 124 Å². The fraction of sp³-hybridized carbons (Fsp3) is 0.643. The smallest absolute Gasteiger partial charge is 0.238 e. The molecule has 7 heteroatoms. The molecular formula is C14H23N5O2. The van der Waals surface area contributed by atoms with Crippen LogP contribution in [0.4, 0.5) is 0 Å². The Bertz CT molecular complexity index is 513. The molecule has 2 rings (SSSR count). The molecule has 0 aromatic carbocycles. The van der Waals surface area contributed by atoms with Crippen LogP contribution in [0.3, 0.4) is 0 Å². The molecule has 1 aliphatic heterocycles. The van der Waals surface area contributed by atoms with Crippen LogP contribution in [0.1, 0.15) is 12.1 Å². The molecule has 2 heterocycles. The summed E-state index contributed by atoms with van der Waals surface area (Å²) in [4.78, 5) is 27.9. The fourth-order valence-corrected chi connectivity index (χ4v) is 2.59. The van der Waals surface area contributed by atoms with Crippen molar-refractivity contribution in [1.82, 2.24) is 24.9 Å². The maximum absolute atomic E-state index is 12.3. The van der Waals surface area contributed by atoms with E-state index in [0.717, 1.165) is 12.2 Å². The molecule has 0 aliphatic carbocycles. The van der Waals surface area contributed by atoms with Crippen molar-refractivity contribution >= 4 is 11.8 Å². The lowest BCUT2D eigenvalue weighted by Gasteiger charge is -2.38. The quantitative estimate of drug-likeness (QED) is 0.792. The zero-order valence-electron chi connectivity index (χ0n) is 12.9. The van der Waals surface area contributed by atoms with Crippen LogP contribution in [0, 0.1) is 0 Å². The predicted molar refractivity (Wildman–Crippen MR) is 78.6 cm³/mol. The first kappa shape index (κ1) is 15.5. The number of rotatable bonds is 4. The number of amides is 2. The largest absolute Gasteiger partial charge is 0.358 e. The molecule has 1 N–H and O–H groups in total. The molecule has 1 atom stereocenters. The summed E-state index contributed by atoms with van der Waals surface area (Å²) in [6.07, 6.45) is 2.85. The van der Waals surface area contributed by atoms with E-state index in [1.165, 1.54) is 0 Å². The lowest BCUT2D eigenvalue weighted by atomic mass is 10.1. The maximum atomic E-state index is 12.3. The Morgan fingerprint density at radius 3 is 2.76 bits per heavy atom. The van der Waals surface area contributed by atoms with Gasteiger partial charge in [-0.05, 0) is 19.5 Å². The Morgan fingerprint density at radius 2 is 2.14 bits per heavy atom. The van der Waals surface area contributed by atoms with Crippen molar-refractivity contribution in [2.45, 2.75) is 18.9 Å². The van der Waals surface area contributed by atoms with Crippen LogP contribution >= 0.6 is 0 Å². The average Bonchev–Trinajstić information content (AvgIpc) is 2.89. The van der Waals surface area contributed by atoms with E-state index in [2.05, 4.69) is 10.4 Å². The first-order valence-corrected chi connectivity index (χ1v) is 7.19. The van der Waals surface area contributed by atoms with E-state index >= 15 is 0 Å². The molecule has 116 valence electrons. The normalized spacial score (nSPS) is 19.6. The van der Waals surface area contributed by atoms with E-state index in [-0.39, 0.29) is 17.9 Å². The molecule has 7 nitrogen and oxygen atoms in total. The van der Waals surface area contributed by atoms with Gasteiger partial charge in [0, 0.05) is 52.0 Å². The third kappa shape index (κ3) is 3.60. The van der Waals surface area contributed by atoms with E-state index < -0.39 is 0 Å². The molecule has 1 saturated heterocycles. The Kier molecular flexibility index (Phi) is 4.95. The SMILES string of the molecule is CNC(=O)[C@H]1CN(C(=O)CCc2ccnn2C)CCN1C. The highest BCUT2D eigenvalue weighted by Crippen LogP contribution is 2.11. The minimum absolute atomic E-state index is 0.0402. The van der Waals surface area contributed by atoms with Gasteiger partial charge in [-0.2, -0.15) is 5.10 Å². The molecular weight excluding hydrogens is 270 g/mol. The summed E-state index contributed by atoms with van der Waals surface area (Å²) in [6, 6.07) is 1.66. The minimum Gasteiger partial charge on any atom is -0.358 e. The second-order valence-electron chi connectivity index (χ2n) is 5.40. The number of carbonyl (C=O) groups excluding carboxylic acids is 2. The number of carbonyl (C=O) groups is 2. The first-order valence-electron chi connectivity index (χ1n) is 7.19. The predicted octanol–water partition coefficient (Wildman–Crippen LogP) is -0.759. The van der Waals surface area contributed by atoms with Crippen molar-refractivity contribution in [3.05, 3.63) is 18.0 Å². The highest BCUT2D eigenvalue weighted by atomic mass is 16.2. The number of piperazine rings is 1. The number of likely N-dealkylation sites (N-methyl/N-ethyl adjacent to an activating group) is 2. The molecule has 21 heavy (non-hydrogen) atoms. The van der Waals surface area contributed by atoms with Gasteiger partial charge in [-0.1, -0.05) is 0 Å². The molecule has 0 radical (unpaired) electrons. The van der Waals surface area contributed by atoms with Crippen molar-refractivity contribution in [1.29, 1.82) is 0 Å². The topological polar surface area (TPSA) is 70.5 Å². The van der Waals surface area contributed by atoms with Gasteiger partial charge in [-0.25, -0.2) is 0 Å². The zero-order chi connectivity index (χ0) is 15.4. The van der Waals surface area contributed by atoms with Crippen LogP contribution in [0.15, 0.2) is 12.3 Å². The standard InChI is InChI=1S/C14H23N5O2/c1-15-14(21)12-10-19(9-8-17(12)2)13(20)5-4-11-6-7-16-18(11)3/h6-7,12H,4-5,8-10H2,1-3H3,(H,15,21)/t12-/m1/s1. The minimum atomic E-state index is -0.260. The van der Waals surface area contributed by atoms with Crippen LogP contribution in [0.5, 0.6) is 0 Å². The van der Waals surface area contributed by atoms with Crippen LogP contribution in [0.25, 0.3) is 0 Å². The third-order valence-electron chi connectivity index (χ3n) is 4.07. The van der Waals surface area contributed by atoms with E-state index in [0.29, 0.717) is 25.9 Å². The van der Waals surface area contributed by atoms with Crippen molar-refractivity contribution in [2.75, 3.05) is 33.7 Å². The molecule has 0 saturated carbocycles. The molecule has 1 aliphatic rings. The van der Waals surface area contributed by atoms with Gasteiger partial charge in [-0.15, -0.1) is 0 Å². The molecule has 2 amide bonds. The van der Waals surface area contributed by atoms with Crippen LogP contribution in [-0.4, -0.2) is 71.2 Å². The highest BCUT2D eigenvalue weighted by Gasteiger charge is 2.31. The number of hydrogen-bond acceptors (Lipinski definition) is 4. The summed E-state index contributed by atoms with van der Waals surface area (Å²) in [5.74, 6) is 0.0554. The van der Waals surface area contributed by atoms with E-state index in [9.17, 15) is 9.59 Å². The molecule has 1 fully saturated rings. The lowest BCUT2D eigenvalue weighted by molar-refractivity contribution is -0.137. The van der Waals surface area contributed by atoms with Gasteiger partial charge in [0.2, 0.25) is 11.8 Å². The van der Waals surface area contributed by atoms with Crippen LogP contribution in [-0.2, 0) is 23.1 Å². The number of nitrogens with one attached hydrogen (secondary N) is 1. The molecule has 0 unspecified atom stereocenters. The van der Waals surface area contributed by atoms with Gasteiger partial charge in [0.15, 0.2) is 0 Å². The number of aromatic nitrogens is 2. The summed E-state index contributed by atoms with van der Waals surface area (Å²) in [6.45, 7) is 1.85. The Balaban J connectivity index is 1.90.